The molecule has 1 N–H and O–H groups in total. The SMILES string of the molecule is CCOc1ccc(CCC(=O)Nc2nnc([C@H]3CCCO3)s2)cc1. The molecule has 1 aromatic heterocycles. The van der Waals surface area contributed by atoms with Crippen molar-refractivity contribution in [3.8, 4) is 5.75 Å². The number of aryl methyl sites for hydroxylation is 1. The van der Waals surface area contributed by atoms with E-state index in [0.717, 1.165) is 35.8 Å². The van der Waals surface area contributed by atoms with Crippen LogP contribution in [0.4, 0.5) is 5.13 Å². The van der Waals surface area contributed by atoms with Crippen LogP contribution in [0, 0.1) is 0 Å². The van der Waals surface area contributed by atoms with Gasteiger partial charge >= 0.3 is 0 Å². The van der Waals surface area contributed by atoms with Crippen molar-refractivity contribution in [2.45, 2.75) is 38.7 Å². The molecule has 0 aliphatic carbocycles. The van der Waals surface area contributed by atoms with Crippen molar-refractivity contribution in [2.24, 2.45) is 0 Å². The third-order valence-electron chi connectivity index (χ3n) is 3.77. The first-order valence-electron chi connectivity index (χ1n) is 8.21. The molecule has 0 radical (unpaired) electrons. The van der Waals surface area contributed by atoms with Gasteiger partial charge in [-0.1, -0.05) is 23.5 Å². The summed E-state index contributed by atoms with van der Waals surface area (Å²) in [5.74, 6) is 0.792. The molecule has 1 aliphatic rings. The number of nitrogens with one attached hydrogen (secondary N) is 1. The van der Waals surface area contributed by atoms with E-state index >= 15 is 0 Å². The van der Waals surface area contributed by atoms with Gasteiger partial charge in [0, 0.05) is 13.0 Å². The van der Waals surface area contributed by atoms with Crippen molar-refractivity contribution in [3.63, 3.8) is 0 Å². The Morgan fingerprint density at radius 3 is 2.92 bits per heavy atom. The Labute approximate surface area is 145 Å². The van der Waals surface area contributed by atoms with Crippen LogP contribution >= 0.6 is 11.3 Å². The van der Waals surface area contributed by atoms with Crippen LogP contribution in [0.1, 0.15) is 42.9 Å². The highest BCUT2D eigenvalue weighted by atomic mass is 32.1. The molecule has 24 heavy (non-hydrogen) atoms. The third kappa shape index (κ3) is 4.52. The van der Waals surface area contributed by atoms with Crippen molar-refractivity contribution in [1.82, 2.24) is 10.2 Å². The third-order valence-corrected chi connectivity index (χ3v) is 4.70. The summed E-state index contributed by atoms with van der Waals surface area (Å²) in [6.07, 6.45) is 3.14. The zero-order valence-corrected chi connectivity index (χ0v) is 14.5. The summed E-state index contributed by atoms with van der Waals surface area (Å²) in [6, 6.07) is 7.82. The molecule has 1 fully saturated rings. The molecule has 0 spiro atoms. The van der Waals surface area contributed by atoms with Crippen LogP contribution in [0.15, 0.2) is 24.3 Å². The predicted molar refractivity (Wildman–Crippen MR) is 92.4 cm³/mol. The molecule has 0 unspecified atom stereocenters. The Hall–Kier alpha value is -1.99. The van der Waals surface area contributed by atoms with Gasteiger partial charge in [0.25, 0.3) is 0 Å². The summed E-state index contributed by atoms with van der Waals surface area (Å²) in [6.45, 7) is 3.38. The number of aromatic nitrogens is 2. The smallest absolute Gasteiger partial charge is 0.226 e. The van der Waals surface area contributed by atoms with Crippen LogP contribution < -0.4 is 10.1 Å². The van der Waals surface area contributed by atoms with E-state index in [1.165, 1.54) is 11.3 Å². The van der Waals surface area contributed by atoms with Gasteiger partial charge in [-0.2, -0.15) is 0 Å². The van der Waals surface area contributed by atoms with Gasteiger partial charge in [-0.3, -0.25) is 4.79 Å². The number of ether oxygens (including phenoxy) is 2. The quantitative estimate of drug-likeness (QED) is 0.831. The fraction of sp³-hybridized carbons (Fsp3) is 0.471. The van der Waals surface area contributed by atoms with Crippen LogP contribution in [-0.2, 0) is 16.0 Å². The molecule has 1 aromatic carbocycles. The molecule has 0 bridgehead atoms. The van der Waals surface area contributed by atoms with Crippen LogP contribution in [0.2, 0.25) is 0 Å². The molecule has 1 saturated heterocycles. The minimum atomic E-state index is -0.0566. The highest BCUT2D eigenvalue weighted by Crippen LogP contribution is 2.31. The van der Waals surface area contributed by atoms with Crippen molar-refractivity contribution < 1.29 is 14.3 Å². The van der Waals surface area contributed by atoms with Gasteiger partial charge in [-0.25, -0.2) is 0 Å². The Morgan fingerprint density at radius 2 is 2.21 bits per heavy atom. The summed E-state index contributed by atoms with van der Waals surface area (Å²) < 4.78 is 11.0. The molecule has 2 heterocycles. The lowest BCUT2D eigenvalue weighted by molar-refractivity contribution is -0.116. The maximum atomic E-state index is 12.1. The monoisotopic (exact) mass is 347 g/mol. The maximum Gasteiger partial charge on any atom is 0.226 e. The van der Waals surface area contributed by atoms with E-state index in [9.17, 15) is 4.79 Å². The Morgan fingerprint density at radius 1 is 1.38 bits per heavy atom. The van der Waals surface area contributed by atoms with Crippen molar-refractivity contribution >= 4 is 22.4 Å². The lowest BCUT2D eigenvalue weighted by Crippen LogP contribution is -2.12. The molecule has 1 aliphatic heterocycles. The minimum absolute atomic E-state index is 0.0389. The number of hydrogen-bond acceptors (Lipinski definition) is 6. The number of nitrogens with zero attached hydrogens (tertiary/aromatic N) is 2. The van der Waals surface area contributed by atoms with E-state index in [1.807, 2.05) is 31.2 Å². The van der Waals surface area contributed by atoms with Crippen LogP contribution in [0.25, 0.3) is 0 Å². The largest absolute Gasteiger partial charge is 0.494 e. The lowest BCUT2D eigenvalue weighted by Gasteiger charge is -2.05. The van der Waals surface area contributed by atoms with Gasteiger partial charge in [0.05, 0.1) is 6.61 Å². The number of carbonyl (C=O) groups excluding carboxylic acids is 1. The normalized spacial score (nSPS) is 17.0. The van der Waals surface area contributed by atoms with Gasteiger partial charge in [-0.05, 0) is 43.9 Å². The minimum Gasteiger partial charge on any atom is -0.494 e. The van der Waals surface area contributed by atoms with Crippen molar-refractivity contribution in [2.75, 3.05) is 18.5 Å². The van der Waals surface area contributed by atoms with E-state index in [4.69, 9.17) is 9.47 Å². The fourth-order valence-electron chi connectivity index (χ4n) is 2.55. The standard InChI is InChI=1S/C17H21N3O3S/c1-2-22-13-8-5-12(6-9-13)7-10-15(21)18-17-20-19-16(24-17)14-4-3-11-23-14/h5-6,8-9,14H,2-4,7,10-11H2,1H3,(H,18,20,21)/t14-/m1/s1. The second-order valence-electron chi connectivity index (χ2n) is 5.57. The van der Waals surface area contributed by atoms with Gasteiger partial charge in [0.15, 0.2) is 0 Å². The zero-order chi connectivity index (χ0) is 16.8. The molecule has 3 rings (SSSR count). The van der Waals surface area contributed by atoms with Crippen LogP contribution in [0.5, 0.6) is 5.75 Å². The molecular formula is C17H21N3O3S. The molecule has 2 aromatic rings. The summed E-state index contributed by atoms with van der Waals surface area (Å²) in [5.41, 5.74) is 1.10. The van der Waals surface area contributed by atoms with E-state index in [-0.39, 0.29) is 12.0 Å². The molecule has 1 atom stereocenters. The first-order chi connectivity index (χ1) is 11.7. The second kappa shape index (κ2) is 8.21. The molecule has 1 amide bonds. The lowest BCUT2D eigenvalue weighted by atomic mass is 10.1. The van der Waals surface area contributed by atoms with Gasteiger partial charge in [0.1, 0.15) is 16.9 Å². The molecule has 6 nitrogen and oxygen atoms in total. The van der Waals surface area contributed by atoms with Crippen LogP contribution in [-0.4, -0.2) is 29.3 Å². The fourth-order valence-corrected chi connectivity index (χ4v) is 3.39. The topological polar surface area (TPSA) is 73.3 Å². The highest BCUT2D eigenvalue weighted by Gasteiger charge is 2.22. The van der Waals surface area contributed by atoms with Crippen molar-refractivity contribution in [3.05, 3.63) is 34.8 Å². The number of amides is 1. The zero-order valence-electron chi connectivity index (χ0n) is 13.7. The number of carbonyl (C=O) groups is 1. The first-order valence-corrected chi connectivity index (χ1v) is 9.03. The van der Waals surface area contributed by atoms with Gasteiger partial charge in [0.2, 0.25) is 11.0 Å². The molecular weight excluding hydrogens is 326 g/mol. The van der Waals surface area contributed by atoms with Crippen molar-refractivity contribution in [1.29, 1.82) is 0 Å². The Balaban J connectivity index is 1.47. The van der Waals surface area contributed by atoms with Gasteiger partial charge < -0.3 is 14.8 Å². The number of benzene rings is 1. The number of anilines is 1. The summed E-state index contributed by atoms with van der Waals surface area (Å²) in [5, 5.41) is 12.3. The Bertz CT molecular complexity index is 666. The summed E-state index contributed by atoms with van der Waals surface area (Å²) >= 11 is 1.39. The number of rotatable bonds is 7. The summed E-state index contributed by atoms with van der Waals surface area (Å²) in [4.78, 5) is 12.1. The predicted octanol–water partition coefficient (Wildman–Crippen LogP) is 3.36. The van der Waals surface area contributed by atoms with E-state index < -0.39 is 0 Å². The highest BCUT2D eigenvalue weighted by molar-refractivity contribution is 7.15. The second-order valence-corrected chi connectivity index (χ2v) is 6.58. The number of hydrogen-bond donors (Lipinski definition) is 1. The van der Waals surface area contributed by atoms with E-state index in [1.54, 1.807) is 0 Å². The Kier molecular flexibility index (Phi) is 5.77. The van der Waals surface area contributed by atoms with E-state index in [2.05, 4.69) is 15.5 Å². The first kappa shape index (κ1) is 16.9. The van der Waals surface area contributed by atoms with Gasteiger partial charge in [-0.15, -0.1) is 10.2 Å². The molecule has 7 heteroatoms. The van der Waals surface area contributed by atoms with Crippen LogP contribution in [0.3, 0.4) is 0 Å². The van der Waals surface area contributed by atoms with E-state index in [0.29, 0.717) is 24.6 Å². The average Bonchev–Trinajstić information content (AvgIpc) is 3.26. The molecule has 0 saturated carbocycles. The average molecular weight is 347 g/mol. The maximum absolute atomic E-state index is 12.1. The molecule has 128 valence electrons. The summed E-state index contributed by atoms with van der Waals surface area (Å²) in [7, 11) is 0.